The molecule has 0 amide bonds. The van der Waals surface area contributed by atoms with Crippen molar-refractivity contribution < 1.29 is 27.7 Å². The highest BCUT2D eigenvalue weighted by Gasteiger charge is 2.54. The molecule has 0 saturated carbocycles. The second-order valence-electron chi connectivity index (χ2n) is 5.20. The van der Waals surface area contributed by atoms with Crippen molar-refractivity contribution in [1.82, 2.24) is 0 Å². The van der Waals surface area contributed by atoms with Gasteiger partial charge in [-0.1, -0.05) is 20.8 Å². The fraction of sp³-hybridized carbons (Fsp3) is 0.727. The van der Waals surface area contributed by atoms with Crippen LogP contribution in [0.25, 0.3) is 0 Å². The normalized spacial score (nSPS) is 11.7. The Balaban J connectivity index is 5.29. The largest absolute Gasteiger partial charge is 0.705 e. The lowest BCUT2D eigenvalue weighted by Crippen LogP contribution is -2.51. The maximum absolute atomic E-state index is 11.1. The summed E-state index contributed by atoms with van der Waals surface area (Å²) < 4.78 is 15.1. The molecule has 104 valence electrons. The van der Waals surface area contributed by atoms with Gasteiger partial charge in [0.05, 0.1) is 6.04 Å². The van der Waals surface area contributed by atoms with Crippen molar-refractivity contribution in [1.29, 1.82) is 0 Å². The van der Waals surface area contributed by atoms with Gasteiger partial charge in [-0.3, -0.25) is 14.4 Å². The highest BCUT2D eigenvalue weighted by Crippen LogP contribution is 2.30. The molecule has 6 nitrogen and oxygen atoms in total. The first kappa shape index (κ1) is 16.6. The maximum Gasteiger partial charge on any atom is 0.705 e. The van der Waals surface area contributed by atoms with Crippen LogP contribution in [0, 0.1) is 5.41 Å². The average molecular weight is 276 g/mol. The van der Waals surface area contributed by atoms with E-state index in [0.29, 0.717) is 0 Å². The third kappa shape index (κ3) is 7.05. The molecule has 18 heavy (non-hydrogen) atoms. The van der Waals surface area contributed by atoms with Crippen molar-refractivity contribution in [3.8, 4) is 0 Å². The van der Waals surface area contributed by atoms with Crippen molar-refractivity contribution in [2.24, 2.45) is 5.41 Å². The Morgan fingerprint density at radius 3 is 1.28 bits per heavy atom. The van der Waals surface area contributed by atoms with E-state index in [1.165, 1.54) is 20.8 Å². The van der Waals surface area contributed by atoms with Crippen LogP contribution in [0.4, 0.5) is 0 Å². The summed E-state index contributed by atoms with van der Waals surface area (Å²) in [5, 5.41) is 0. The molecule has 0 unspecified atom stereocenters. The maximum atomic E-state index is 11.1. The van der Waals surface area contributed by atoms with Crippen LogP contribution >= 0.6 is 0 Å². The summed E-state index contributed by atoms with van der Waals surface area (Å²) in [6.45, 7) is 9.13. The minimum Gasteiger partial charge on any atom is -0.455 e. The number of carbonyl (C=O) groups is 3. The van der Waals surface area contributed by atoms with Gasteiger partial charge in [0.1, 0.15) is 0 Å². The van der Waals surface area contributed by atoms with Crippen LogP contribution in [-0.2, 0) is 27.7 Å². The fourth-order valence-electron chi connectivity index (χ4n) is 1.48. The van der Waals surface area contributed by atoms with Crippen LogP contribution in [0.5, 0.6) is 0 Å². The Hall–Kier alpha value is -1.37. The summed E-state index contributed by atoms with van der Waals surface area (Å²) in [6, 6.07) is 0.179. The van der Waals surface area contributed by atoms with Crippen LogP contribution in [0.15, 0.2) is 0 Å². The van der Waals surface area contributed by atoms with Gasteiger partial charge in [0.25, 0.3) is 17.9 Å². The molecule has 0 aliphatic carbocycles. The summed E-state index contributed by atoms with van der Waals surface area (Å²) in [4.78, 5) is 33.4. The summed E-state index contributed by atoms with van der Waals surface area (Å²) >= 11 is 0. The molecule has 0 fully saturated rings. The van der Waals surface area contributed by atoms with Gasteiger partial charge in [-0.2, -0.15) is 0 Å². The number of hydrogen-bond donors (Lipinski definition) is 0. The second kappa shape index (κ2) is 5.99. The van der Waals surface area contributed by atoms with Gasteiger partial charge < -0.3 is 13.3 Å². The van der Waals surface area contributed by atoms with E-state index in [9.17, 15) is 14.4 Å². The van der Waals surface area contributed by atoms with Crippen LogP contribution in [0.3, 0.4) is 0 Å². The topological polar surface area (TPSA) is 78.9 Å². The molecule has 0 aliphatic rings. The van der Waals surface area contributed by atoms with E-state index in [-0.39, 0.29) is 11.5 Å². The van der Waals surface area contributed by atoms with Crippen molar-refractivity contribution in [3.05, 3.63) is 0 Å². The average Bonchev–Trinajstić information content (AvgIpc) is 1.92. The number of rotatable bonds is 4. The van der Waals surface area contributed by atoms with Gasteiger partial charge in [-0.15, -0.1) is 0 Å². The molecular weight excluding hydrogens is 256 g/mol. The number of carbonyl (C=O) groups excluding carboxylic acids is 3. The van der Waals surface area contributed by atoms with E-state index in [4.69, 9.17) is 13.3 Å². The summed E-state index contributed by atoms with van der Waals surface area (Å²) in [5.74, 6) is -1.93. The molecule has 0 rings (SSSR count). The first-order valence-electron chi connectivity index (χ1n) is 5.54. The first-order chi connectivity index (χ1) is 7.96. The summed E-state index contributed by atoms with van der Waals surface area (Å²) in [7, 11) is -3.67. The molecule has 0 N–H and O–H groups in total. The predicted octanol–water partition coefficient (Wildman–Crippen LogP) is 1.66. The molecule has 0 aliphatic heterocycles. The lowest BCUT2D eigenvalue weighted by molar-refractivity contribution is -0.148. The lowest BCUT2D eigenvalue weighted by atomic mass is 10.0. The zero-order valence-corrected chi connectivity index (χ0v) is 12.7. The predicted molar refractivity (Wildman–Crippen MR) is 65.3 cm³/mol. The highest BCUT2D eigenvalue weighted by atomic mass is 28.4. The Bertz CT molecular complexity index is 303. The third-order valence-corrected chi connectivity index (χ3v) is 4.93. The van der Waals surface area contributed by atoms with Crippen molar-refractivity contribution in [3.63, 3.8) is 0 Å². The molecule has 7 heteroatoms. The van der Waals surface area contributed by atoms with E-state index in [1.807, 2.05) is 20.8 Å². The Morgan fingerprint density at radius 2 is 1.11 bits per heavy atom. The van der Waals surface area contributed by atoms with Crippen molar-refractivity contribution in [2.75, 3.05) is 0 Å². The quantitative estimate of drug-likeness (QED) is 0.727. The zero-order chi connectivity index (χ0) is 14.6. The minimum atomic E-state index is -3.67. The molecule has 0 aromatic rings. The molecule has 0 radical (unpaired) electrons. The number of hydrogen-bond acceptors (Lipinski definition) is 6. The van der Waals surface area contributed by atoms with Gasteiger partial charge in [0, 0.05) is 20.8 Å². The van der Waals surface area contributed by atoms with Crippen molar-refractivity contribution >= 4 is 26.7 Å². The van der Waals surface area contributed by atoms with Crippen LogP contribution in [0.1, 0.15) is 41.5 Å². The van der Waals surface area contributed by atoms with Gasteiger partial charge in [-0.05, 0) is 5.41 Å². The van der Waals surface area contributed by atoms with Crippen molar-refractivity contribution in [2.45, 2.75) is 47.6 Å². The second-order valence-corrected chi connectivity index (χ2v) is 7.53. The SMILES string of the molecule is CC(=O)O[Si](CC(C)(C)C)(OC(C)=O)OC(C)=O. The lowest BCUT2D eigenvalue weighted by Gasteiger charge is -2.31. The first-order valence-corrected chi connectivity index (χ1v) is 7.48. The van der Waals surface area contributed by atoms with Gasteiger partial charge >= 0.3 is 8.80 Å². The van der Waals surface area contributed by atoms with Gasteiger partial charge in [-0.25, -0.2) is 0 Å². The Morgan fingerprint density at radius 1 is 0.833 bits per heavy atom. The fourth-order valence-corrected chi connectivity index (χ4v) is 4.43. The molecule has 0 heterocycles. The van der Waals surface area contributed by atoms with E-state index in [1.54, 1.807) is 0 Å². The van der Waals surface area contributed by atoms with E-state index < -0.39 is 26.7 Å². The van der Waals surface area contributed by atoms with Crippen LogP contribution in [-0.4, -0.2) is 26.7 Å². The molecule has 0 spiro atoms. The molecule has 0 aromatic heterocycles. The highest BCUT2D eigenvalue weighted by molar-refractivity contribution is 6.65. The van der Waals surface area contributed by atoms with E-state index in [0.717, 1.165) is 0 Å². The van der Waals surface area contributed by atoms with Crippen LogP contribution in [0.2, 0.25) is 6.04 Å². The zero-order valence-electron chi connectivity index (χ0n) is 11.7. The summed E-state index contributed by atoms with van der Waals surface area (Å²) in [5.41, 5.74) is -0.327. The summed E-state index contributed by atoms with van der Waals surface area (Å²) in [6.07, 6.45) is 0. The smallest absolute Gasteiger partial charge is 0.455 e. The monoisotopic (exact) mass is 276 g/mol. The standard InChI is InChI=1S/C11H20O6Si/c1-8(12)15-18(16-9(2)13,17-10(3)14)7-11(4,5)6/h7H2,1-6H3. The molecule has 0 atom stereocenters. The Labute approximate surface area is 108 Å². The third-order valence-electron chi connectivity index (χ3n) is 1.64. The van der Waals surface area contributed by atoms with Gasteiger partial charge in [0.2, 0.25) is 0 Å². The van der Waals surface area contributed by atoms with E-state index in [2.05, 4.69) is 0 Å². The molecule has 0 bridgehead atoms. The van der Waals surface area contributed by atoms with E-state index >= 15 is 0 Å². The molecular formula is C11H20O6Si. The molecule has 0 saturated heterocycles. The van der Waals surface area contributed by atoms with Gasteiger partial charge in [0.15, 0.2) is 0 Å². The molecule has 0 aromatic carbocycles. The Kier molecular flexibility index (Phi) is 5.53. The minimum absolute atomic E-state index is 0.179. The van der Waals surface area contributed by atoms with Crippen LogP contribution < -0.4 is 0 Å².